The highest BCUT2D eigenvalue weighted by molar-refractivity contribution is 5.86. The molecule has 0 atom stereocenters. The van der Waals surface area contributed by atoms with E-state index in [4.69, 9.17) is 0 Å². The van der Waals surface area contributed by atoms with E-state index in [0.29, 0.717) is 0 Å². The molecule has 0 aromatic heterocycles. The summed E-state index contributed by atoms with van der Waals surface area (Å²) >= 11 is 0. The lowest BCUT2D eigenvalue weighted by Crippen LogP contribution is -2.37. The molecule has 0 radical (unpaired) electrons. The summed E-state index contributed by atoms with van der Waals surface area (Å²) in [5.41, 5.74) is 0. The Morgan fingerprint density at radius 3 is 0.857 bits per heavy atom. The van der Waals surface area contributed by atoms with Crippen molar-refractivity contribution in [3.8, 4) is 0 Å². The second kappa shape index (κ2) is 13.2. The van der Waals surface area contributed by atoms with Gasteiger partial charge in [0.05, 0.1) is 0 Å². The van der Waals surface area contributed by atoms with Crippen molar-refractivity contribution in [3.63, 3.8) is 0 Å². The molecule has 1 rings (SSSR count). The molecule has 0 bridgehead atoms. The predicted molar refractivity (Wildman–Crippen MR) is 102 cm³/mol. The smallest absolute Gasteiger partial charge is 0.000378 e. The van der Waals surface area contributed by atoms with Crippen molar-refractivity contribution in [2.24, 2.45) is 17.8 Å². The number of rotatable bonds is 6. The molecule has 0 heterocycles. The van der Waals surface area contributed by atoms with Crippen LogP contribution in [-0.4, -0.2) is 76.6 Å². The average molecular weight is 365 g/mol. The highest BCUT2D eigenvalue weighted by atomic mass is 35.5. The van der Waals surface area contributed by atoms with Gasteiger partial charge in [0.2, 0.25) is 0 Å². The summed E-state index contributed by atoms with van der Waals surface area (Å²) in [4.78, 5) is 7.07. The Kier molecular flexibility index (Phi) is 16.8. The quantitative estimate of drug-likeness (QED) is 0.717. The first kappa shape index (κ1) is 26.6. The van der Waals surface area contributed by atoms with Gasteiger partial charge in [0.1, 0.15) is 0 Å². The molecular weight excluding hydrogens is 329 g/mol. The van der Waals surface area contributed by atoms with Crippen LogP contribution in [-0.2, 0) is 0 Å². The zero-order valence-corrected chi connectivity index (χ0v) is 17.0. The molecule has 0 amide bonds. The van der Waals surface area contributed by atoms with Crippen LogP contribution in [0.3, 0.4) is 0 Å². The summed E-state index contributed by atoms with van der Waals surface area (Å²) in [5.74, 6) is 2.68. The van der Waals surface area contributed by atoms with Crippen molar-refractivity contribution in [1.82, 2.24) is 14.7 Å². The van der Waals surface area contributed by atoms with Gasteiger partial charge in [0.15, 0.2) is 0 Å². The molecule has 1 saturated carbocycles. The standard InChI is InChI=1S/C15H33N3.3ClH/c1-16(2)10-13-7-14(11-17(3)4)9-15(8-13)12-18(5)6;;;/h13-15H,7-12H2,1-6H3;3*1H. The first-order valence-corrected chi connectivity index (χ1v) is 7.31. The van der Waals surface area contributed by atoms with E-state index >= 15 is 0 Å². The van der Waals surface area contributed by atoms with Gasteiger partial charge in [-0.1, -0.05) is 0 Å². The number of hydrogen-bond acceptors (Lipinski definition) is 3. The van der Waals surface area contributed by atoms with Gasteiger partial charge in [0.25, 0.3) is 0 Å². The van der Waals surface area contributed by atoms with Crippen molar-refractivity contribution in [2.75, 3.05) is 61.9 Å². The summed E-state index contributed by atoms with van der Waals surface area (Å²) in [5, 5.41) is 0. The normalized spacial score (nSPS) is 25.3. The van der Waals surface area contributed by atoms with Crippen LogP contribution in [0.4, 0.5) is 0 Å². The molecule has 132 valence electrons. The van der Waals surface area contributed by atoms with Crippen molar-refractivity contribution in [2.45, 2.75) is 19.3 Å². The van der Waals surface area contributed by atoms with E-state index in [1.54, 1.807) is 0 Å². The molecule has 0 aliphatic heterocycles. The molecule has 0 aromatic carbocycles. The third kappa shape index (κ3) is 11.9. The highest BCUT2D eigenvalue weighted by Crippen LogP contribution is 2.34. The predicted octanol–water partition coefficient (Wildman–Crippen LogP) is 2.97. The van der Waals surface area contributed by atoms with Crippen LogP contribution in [0.5, 0.6) is 0 Å². The van der Waals surface area contributed by atoms with Crippen molar-refractivity contribution < 1.29 is 0 Å². The number of nitrogens with zero attached hydrogens (tertiary/aromatic N) is 3. The van der Waals surface area contributed by atoms with E-state index in [0.717, 1.165) is 17.8 Å². The van der Waals surface area contributed by atoms with E-state index in [1.165, 1.54) is 38.9 Å². The molecule has 0 aromatic rings. The van der Waals surface area contributed by atoms with E-state index in [1.807, 2.05) is 0 Å². The first-order valence-electron chi connectivity index (χ1n) is 7.31. The van der Waals surface area contributed by atoms with E-state index in [-0.39, 0.29) is 37.2 Å². The van der Waals surface area contributed by atoms with Gasteiger partial charge in [-0.05, 0) is 79.3 Å². The monoisotopic (exact) mass is 363 g/mol. The van der Waals surface area contributed by atoms with Crippen LogP contribution in [0.2, 0.25) is 0 Å². The third-order valence-electron chi connectivity index (χ3n) is 3.87. The maximum absolute atomic E-state index is 2.36. The highest BCUT2D eigenvalue weighted by Gasteiger charge is 2.29. The second-order valence-electron chi connectivity index (χ2n) is 7.09. The fourth-order valence-electron chi connectivity index (χ4n) is 3.70. The summed E-state index contributed by atoms with van der Waals surface area (Å²) in [6, 6.07) is 0. The Morgan fingerprint density at radius 2 is 0.714 bits per heavy atom. The zero-order valence-electron chi connectivity index (χ0n) is 14.5. The Morgan fingerprint density at radius 1 is 0.524 bits per heavy atom. The summed E-state index contributed by atoms with van der Waals surface area (Å²) in [6.45, 7) is 3.77. The molecule has 0 unspecified atom stereocenters. The van der Waals surface area contributed by atoms with Gasteiger partial charge in [-0.25, -0.2) is 0 Å². The van der Waals surface area contributed by atoms with Crippen LogP contribution in [0.25, 0.3) is 0 Å². The molecule has 1 fully saturated rings. The Bertz CT molecular complexity index is 194. The van der Waals surface area contributed by atoms with Crippen LogP contribution >= 0.6 is 37.2 Å². The van der Waals surface area contributed by atoms with Gasteiger partial charge in [-0.15, -0.1) is 37.2 Å². The second-order valence-corrected chi connectivity index (χ2v) is 7.09. The van der Waals surface area contributed by atoms with Gasteiger partial charge in [-0.3, -0.25) is 0 Å². The molecule has 21 heavy (non-hydrogen) atoms. The molecule has 3 nitrogen and oxygen atoms in total. The fraction of sp³-hybridized carbons (Fsp3) is 1.00. The molecule has 6 heteroatoms. The van der Waals surface area contributed by atoms with Crippen molar-refractivity contribution in [1.29, 1.82) is 0 Å². The SMILES string of the molecule is CN(C)CC1CC(CN(C)C)CC(CN(C)C)C1.Cl.Cl.Cl. The lowest BCUT2D eigenvalue weighted by atomic mass is 9.74. The largest absolute Gasteiger partial charge is 0.309 e. The fourth-order valence-corrected chi connectivity index (χ4v) is 3.70. The maximum atomic E-state index is 2.36. The first-order chi connectivity index (χ1) is 8.36. The molecule has 1 aliphatic rings. The number of hydrogen-bond donors (Lipinski definition) is 0. The van der Waals surface area contributed by atoms with Crippen molar-refractivity contribution >= 4 is 37.2 Å². The zero-order chi connectivity index (χ0) is 13.7. The summed E-state index contributed by atoms with van der Waals surface area (Å²) in [6.07, 6.45) is 4.25. The minimum Gasteiger partial charge on any atom is -0.309 e. The third-order valence-corrected chi connectivity index (χ3v) is 3.87. The minimum atomic E-state index is 0. The van der Waals surface area contributed by atoms with Crippen LogP contribution in [0.15, 0.2) is 0 Å². The van der Waals surface area contributed by atoms with E-state index in [9.17, 15) is 0 Å². The van der Waals surface area contributed by atoms with Crippen LogP contribution in [0.1, 0.15) is 19.3 Å². The van der Waals surface area contributed by atoms with Gasteiger partial charge in [-0.2, -0.15) is 0 Å². The molecular formula is C15H36Cl3N3. The van der Waals surface area contributed by atoms with E-state index < -0.39 is 0 Å². The molecule has 0 spiro atoms. The lowest BCUT2D eigenvalue weighted by Gasteiger charge is -2.38. The van der Waals surface area contributed by atoms with E-state index in [2.05, 4.69) is 57.0 Å². The maximum Gasteiger partial charge on any atom is 0.000378 e. The number of halogens is 3. The Hall–Kier alpha value is 0.750. The molecule has 0 N–H and O–H groups in total. The van der Waals surface area contributed by atoms with Gasteiger partial charge in [0, 0.05) is 19.6 Å². The van der Waals surface area contributed by atoms with Crippen LogP contribution in [0, 0.1) is 17.8 Å². The topological polar surface area (TPSA) is 9.72 Å². The lowest BCUT2D eigenvalue weighted by molar-refractivity contribution is 0.124. The average Bonchev–Trinajstić information content (AvgIpc) is 2.12. The minimum absolute atomic E-state index is 0. The summed E-state index contributed by atoms with van der Waals surface area (Å²) < 4.78 is 0. The summed E-state index contributed by atoms with van der Waals surface area (Å²) in [7, 11) is 13.2. The van der Waals surface area contributed by atoms with Crippen LogP contribution < -0.4 is 0 Å². The van der Waals surface area contributed by atoms with Gasteiger partial charge < -0.3 is 14.7 Å². The Balaban J connectivity index is -0.00000108. The molecule has 1 aliphatic carbocycles. The molecule has 0 saturated heterocycles. The van der Waals surface area contributed by atoms with Gasteiger partial charge >= 0.3 is 0 Å². The van der Waals surface area contributed by atoms with Crippen molar-refractivity contribution in [3.05, 3.63) is 0 Å². The Labute approximate surface area is 151 Å².